The Balaban J connectivity index is 2.50. The first kappa shape index (κ1) is 16.4. The Labute approximate surface area is 130 Å². The van der Waals surface area contributed by atoms with Crippen LogP contribution in [0.3, 0.4) is 0 Å². The third-order valence-corrected chi connectivity index (χ3v) is 3.10. The fourth-order valence-electron chi connectivity index (χ4n) is 2.20. The van der Waals surface area contributed by atoms with E-state index >= 15 is 0 Å². The van der Waals surface area contributed by atoms with Gasteiger partial charge < -0.3 is 14.8 Å². The predicted octanol–water partition coefficient (Wildman–Crippen LogP) is 0.105. The van der Waals surface area contributed by atoms with Gasteiger partial charge in [0, 0.05) is 0 Å². The SMILES string of the molecule is CCOC(=O)C(C(=O)OCC)C1C([N+](=O)[O-])=CNc2ncnn21. The number of carbonyl (C=O) groups is 2. The van der Waals surface area contributed by atoms with Crippen LogP contribution in [0.1, 0.15) is 19.9 Å². The van der Waals surface area contributed by atoms with Gasteiger partial charge in [-0.15, -0.1) is 0 Å². The molecule has 1 atom stereocenters. The molecule has 2 rings (SSSR count). The first-order valence-electron chi connectivity index (χ1n) is 6.85. The minimum absolute atomic E-state index is 0.0153. The van der Waals surface area contributed by atoms with Crippen LogP contribution in [0, 0.1) is 16.0 Å². The first-order chi connectivity index (χ1) is 11.0. The van der Waals surface area contributed by atoms with E-state index in [0.717, 1.165) is 17.2 Å². The Morgan fingerprint density at radius 2 is 2.00 bits per heavy atom. The van der Waals surface area contributed by atoms with E-state index in [2.05, 4.69) is 15.4 Å². The molecule has 1 aliphatic heterocycles. The largest absolute Gasteiger partial charge is 0.465 e. The number of allylic oxidation sites excluding steroid dienone is 1. The Hall–Kier alpha value is -2.98. The number of nitrogens with zero attached hydrogens (tertiary/aromatic N) is 4. The molecule has 0 radical (unpaired) electrons. The van der Waals surface area contributed by atoms with Crippen LogP contribution in [-0.2, 0) is 19.1 Å². The molecule has 0 aliphatic carbocycles. The lowest BCUT2D eigenvalue weighted by atomic mass is 9.96. The number of rotatable bonds is 6. The van der Waals surface area contributed by atoms with Crippen LogP contribution in [0.25, 0.3) is 0 Å². The van der Waals surface area contributed by atoms with E-state index in [4.69, 9.17) is 9.47 Å². The molecule has 0 saturated carbocycles. The summed E-state index contributed by atoms with van der Waals surface area (Å²) < 4.78 is 10.8. The normalized spacial score (nSPS) is 16.1. The van der Waals surface area contributed by atoms with Crippen molar-refractivity contribution in [2.45, 2.75) is 19.9 Å². The van der Waals surface area contributed by atoms with Crippen molar-refractivity contribution in [1.82, 2.24) is 14.8 Å². The van der Waals surface area contributed by atoms with E-state index in [9.17, 15) is 19.7 Å². The lowest BCUT2D eigenvalue weighted by Gasteiger charge is -2.25. The third-order valence-electron chi connectivity index (χ3n) is 3.10. The highest BCUT2D eigenvalue weighted by Crippen LogP contribution is 2.33. The average molecular weight is 325 g/mol. The number of nitro groups is 1. The van der Waals surface area contributed by atoms with Crippen molar-refractivity contribution < 1.29 is 24.0 Å². The van der Waals surface area contributed by atoms with E-state index in [1.807, 2.05) is 0 Å². The summed E-state index contributed by atoms with van der Waals surface area (Å²) in [5, 5.41) is 17.7. The number of anilines is 1. The molecule has 2 heterocycles. The quantitative estimate of drug-likeness (QED) is 0.334. The van der Waals surface area contributed by atoms with Gasteiger partial charge in [0.1, 0.15) is 6.33 Å². The zero-order valence-corrected chi connectivity index (χ0v) is 12.5. The van der Waals surface area contributed by atoms with Crippen LogP contribution in [0.4, 0.5) is 5.95 Å². The van der Waals surface area contributed by atoms with Gasteiger partial charge in [-0.2, -0.15) is 10.1 Å². The van der Waals surface area contributed by atoms with Gasteiger partial charge in [0.2, 0.25) is 5.95 Å². The van der Waals surface area contributed by atoms with Crippen molar-refractivity contribution in [1.29, 1.82) is 0 Å². The summed E-state index contributed by atoms with van der Waals surface area (Å²) >= 11 is 0. The smallest absolute Gasteiger partial charge is 0.323 e. The Bertz CT molecular complexity index is 636. The van der Waals surface area contributed by atoms with E-state index in [1.165, 1.54) is 0 Å². The molecular weight excluding hydrogens is 310 g/mol. The molecule has 1 aromatic rings. The van der Waals surface area contributed by atoms with E-state index in [0.29, 0.717) is 0 Å². The van der Waals surface area contributed by atoms with Gasteiger partial charge in [-0.3, -0.25) is 19.7 Å². The topological polar surface area (TPSA) is 138 Å². The minimum atomic E-state index is -1.56. The van der Waals surface area contributed by atoms with Crippen LogP contribution < -0.4 is 5.32 Å². The highest BCUT2D eigenvalue weighted by molar-refractivity contribution is 5.96. The molecule has 11 heteroatoms. The number of esters is 2. The van der Waals surface area contributed by atoms with E-state index < -0.39 is 34.5 Å². The molecule has 0 spiro atoms. The second-order valence-electron chi connectivity index (χ2n) is 4.43. The second kappa shape index (κ2) is 6.85. The summed E-state index contributed by atoms with van der Waals surface area (Å²) in [6.45, 7) is 3.16. The van der Waals surface area contributed by atoms with Gasteiger partial charge in [0.15, 0.2) is 12.0 Å². The maximum atomic E-state index is 12.2. The number of aromatic nitrogens is 3. The van der Waals surface area contributed by atoms with E-state index in [1.54, 1.807) is 13.8 Å². The standard InChI is InChI=1S/C12H15N5O6/c1-3-22-10(18)8(11(19)23-4-2)9-7(17(20)21)5-13-12-14-6-15-16(9)12/h5-6,8-9H,3-4H2,1-2H3,(H,13,14,15). The number of carbonyl (C=O) groups excluding carboxylic acids is 2. The van der Waals surface area contributed by atoms with E-state index in [-0.39, 0.29) is 19.2 Å². The molecule has 1 unspecified atom stereocenters. The second-order valence-corrected chi connectivity index (χ2v) is 4.43. The Kier molecular flexibility index (Phi) is 4.88. The van der Waals surface area contributed by atoms with Crippen molar-refractivity contribution in [3.63, 3.8) is 0 Å². The third kappa shape index (κ3) is 3.12. The molecule has 11 nitrogen and oxygen atoms in total. The van der Waals surface area contributed by atoms with Gasteiger partial charge in [-0.05, 0) is 13.8 Å². The Morgan fingerprint density at radius 3 is 2.52 bits per heavy atom. The lowest BCUT2D eigenvalue weighted by molar-refractivity contribution is -0.434. The predicted molar refractivity (Wildman–Crippen MR) is 74.5 cm³/mol. The average Bonchev–Trinajstić information content (AvgIpc) is 2.96. The van der Waals surface area contributed by atoms with Gasteiger partial charge in [0.25, 0.3) is 5.70 Å². The molecule has 0 aromatic carbocycles. The Morgan fingerprint density at radius 1 is 1.39 bits per heavy atom. The van der Waals surface area contributed by atoms with Crippen LogP contribution >= 0.6 is 0 Å². The molecule has 0 amide bonds. The number of fused-ring (bicyclic) bond motifs is 1. The summed E-state index contributed by atoms with van der Waals surface area (Å²) in [5.74, 6) is -3.24. The summed E-state index contributed by atoms with van der Waals surface area (Å²) in [7, 11) is 0. The number of nitrogens with one attached hydrogen (secondary N) is 1. The molecule has 0 saturated heterocycles. The summed E-state index contributed by atoms with van der Waals surface area (Å²) in [4.78, 5) is 38.9. The van der Waals surface area contributed by atoms with Crippen molar-refractivity contribution in [2.75, 3.05) is 18.5 Å². The molecule has 0 fully saturated rings. The zero-order valence-electron chi connectivity index (χ0n) is 12.5. The molecule has 0 bridgehead atoms. The van der Waals surface area contributed by atoms with Crippen molar-refractivity contribution >= 4 is 17.9 Å². The monoisotopic (exact) mass is 325 g/mol. The van der Waals surface area contributed by atoms with Gasteiger partial charge in [-0.25, -0.2) is 4.68 Å². The van der Waals surface area contributed by atoms with Gasteiger partial charge >= 0.3 is 11.9 Å². The van der Waals surface area contributed by atoms with Crippen molar-refractivity contribution in [3.8, 4) is 0 Å². The number of hydrogen-bond acceptors (Lipinski definition) is 9. The van der Waals surface area contributed by atoms with Gasteiger partial charge in [0.05, 0.1) is 24.3 Å². The lowest BCUT2D eigenvalue weighted by Crippen LogP contribution is -2.40. The highest BCUT2D eigenvalue weighted by Gasteiger charge is 2.48. The first-order valence-corrected chi connectivity index (χ1v) is 6.85. The van der Waals surface area contributed by atoms with Gasteiger partial charge in [-0.1, -0.05) is 0 Å². The number of ether oxygens (including phenoxy) is 2. The van der Waals surface area contributed by atoms with Crippen LogP contribution in [0.2, 0.25) is 0 Å². The number of hydrogen-bond donors (Lipinski definition) is 1. The fraction of sp³-hybridized carbons (Fsp3) is 0.500. The fourth-order valence-corrected chi connectivity index (χ4v) is 2.20. The molecule has 1 aliphatic rings. The molecule has 124 valence electrons. The molecule has 1 aromatic heterocycles. The van der Waals surface area contributed by atoms with Crippen LogP contribution in [-0.4, -0.2) is 44.8 Å². The van der Waals surface area contributed by atoms with Crippen molar-refractivity contribution in [3.05, 3.63) is 28.3 Å². The molecule has 1 N–H and O–H groups in total. The maximum absolute atomic E-state index is 12.2. The molecule has 23 heavy (non-hydrogen) atoms. The molecular formula is C12H15N5O6. The van der Waals surface area contributed by atoms with Crippen LogP contribution in [0.15, 0.2) is 18.2 Å². The summed E-state index contributed by atoms with van der Waals surface area (Å²) in [5.41, 5.74) is -0.422. The van der Waals surface area contributed by atoms with Crippen LogP contribution in [0.5, 0.6) is 0 Å². The van der Waals surface area contributed by atoms with Crippen molar-refractivity contribution in [2.24, 2.45) is 5.92 Å². The maximum Gasteiger partial charge on any atom is 0.323 e. The summed E-state index contributed by atoms with van der Waals surface area (Å²) in [6.07, 6.45) is 2.22. The summed E-state index contributed by atoms with van der Waals surface area (Å²) in [6, 6.07) is -1.32. The highest BCUT2D eigenvalue weighted by atomic mass is 16.6. The minimum Gasteiger partial charge on any atom is -0.465 e. The zero-order chi connectivity index (χ0) is 17.0.